The monoisotopic (exact) mass is 431 g/mol. The molecule has 0 aliphatic carbocycles. The maximum absolute atomic E-state index is 12.4. The molecule has 7 nitrogen and oxygen atoms in total. The van der Waals surface area contributed by atoms with Gasteiger partial charge in [0.25, 0.3) is 0 Å². The molecule has 172 valence electrons. The number of aryl methyl sites for hydroxylation is 1. The highest BCUT2D eigenvalue weighted by Crippen LogP contribution is 2.23. The van der Waals surface area contributed by atoms with Crippen molar-refractivity contribution in [1.29, 1.82) is 0 Å². The lowest BCUT2D eigenvalue weighted by Gasteiger charge is -2.43. The van der Waals surface area contributed by atoms with Gasteiger partial charge in [0.05, 0.1) is 7.11 Å². The van der Waals surface area contributed by atoms with E-state index in [9.17, 15) is 9.59 Å². The molecule has 0 aromatic heterocycles. The second-order valence-corrected chi connectivity index (χ2v) is 8.52. The molecule has 1 aromatic carbocycles. The van der Waals surface area contributed by atoms with Gasteiger partial charge in [-0.25, -0.2) is 0 Å². The van der Waals surface area contributed by atoms with Crippen molar-refractivity contribution in [2.24, 2.45) is 0 Å². The summed E-state index contributed by atoms with van der Waals surface area (Å²) in [6.45, 7) is 6.43. The SMILES string of the molecule is COc1ccc(CCC(=O)NCCN(C2CCOCC2)C2CCN(C(C)=O)CC2)cc1. The normalized spacial score (nSPS) is 18.2. The smallest absolute Gasteiger partial charge is 0.220 e. The molecule has 0 radical (unpaired) electrons. The molecular weight excluding hydrogens is 394 g/mol. The van der Waals surface area contributed by atoms with E-state index < -0.39 is 0 Å². The second-order valence-electron chi connectivity index (χ2n) is 8.52. The summed E-state index contributed by atoms with van der Waals surface area (Å²) in [5.41, 5.74) is 1.14. The molecule has 1 N–H and O–H groups in total. The van der Waals surface area contributed by atoms with E-state index in [0.717, 1.165) is 76.3 Å². The average Bonchev–Trinajstić information content (AvgIpc) is 2.81. The van der Waals surface area contributed by atoms with Crippen molar-refractivity contribution in [3.05, 3.63) is 29.8 Å². The predicted octanol–water partition coefficient (Wildman–Crippen LogP) is 2.24. The number of rotatable bonds is 9. The Morgan fingerprint density at radius 2 is 1.74 bits per heavy atom. The third-order valence-corrected chi connectivity index (χ3v) is 6.53. The van der Waals surface area contributed by atoms with E-state index in [-0.39, 0.29) is 11.8 Å². The minimum absolute atomic E-state index is 0.0918. The topological polar surface area (TPSA) is 71.1 Å². The van der Waals surface area contributed by atoms with Crippen LogP contribution < -0.4 is 10.1 Å². The summed E-state index contributed by atoms with van der Waals surface area (Å²) in [6, 6.07) is 8.83. The standard InChI is InChI=1S/C24H37N3O4/c1-19(28)26-14-9-21(10-15-26)27(22-11-17-31-18-12-22)16-13-25-24(29)8-5-20-3-6-23(30-2)7-4-20/h3-4,6-7,21-22H,5,8-18H2,1-2H3,(H,25,29). The number of hydrogen-bond donors (Lipinski definition) is 1. The Hall–Kier alpha value is -2.12. The first-order chi connectivity index (χ1) is 15.1. The Morgan fingerprint density at radius 1 is 1.10 bits per heavy atom. The molecule has 2 saturated heterocycles. The van der Waals surface area contributed by atoms with Crippen molar-refractivity contribution in [1.82, 2.24) is 15.1 Å². The van der Waals surface area contributed by atoms with E-state index in [1.807, 2.05) is 29.2 Å². The number of amides is 2. The molecule has 2 fully saturated rings. The van der Waals surface area contributed by atoms with Crippen LogP contribution in [0.15, 0.2) is 24.3 Å². The first kappa shape index (κ1) is 23.5. The second kappa shape index (κ2) is 12.1. The Bertz CT molecular complexity index is 695. The first-order valence-electron chi connectivity index (χ1n) is 11.6. The quantitative estimate of drug-likeness (QED) is 0.649. The third kappa shape index (κ3) is 7.21. The van der Waals surface area contributed by atoms with Gasteiger partial charge in [0.1, 0.15) is 5.75 Å². The van der Waals surface area contributed by atoms with Crippen LogP contribution >= 0.6 is 0 Å². The number of hydrogen-bond acceptors (Lipinski definition) is 5. The van der Waals surface area contributed by atoms with Crippen LogP contribution in [0.2, 0.25) is 0 Å². The van der Waals surface area contributed by atoms with E-state index in [4.69, 9.17) is 9.47 Å². The van der Waals surface area contributed by atoms with Gasteiger partial charge in [-0.05, 0) is 49.8 Å². The molecule has 0 unspecified atom stereocenters. The maximum Gasteiger partial charge on any atom is 0.220 e. The highest BCUT2D eigenvalue weighted by atomic mass is 16.5. The van der Waals surface area contributed by atoms with Crippen LogP contribution in [0, 0.1) is 0 Å². The van der Waals surface area contributed by atoms with E-state index in [2.05, 4.69) is 10.2 Å². The Balaban J connectivity index is 1.45. The minimum atomic E-state index is 0.0918. The Morgan fingerprint density at radius 3 is 2.35 bits per heavy atom. The molecule has 2 heterocycles. The number of methoxy groups -OCH3 is 1. The van der Waals surface area contributed by atoms with Crippen molar-refractivity contribution < 1.29 is 19.1 Å². The largest absolute Gasteiger partial charge is 0.497 e. The lowest BCUT2D eigenvalue weighted by molar-refractivity contribution is -0.130. The van der Waals surface area contributed by atoms with Gasteiger partial charge in [0.15, 0.2) is 0 Å². The van der Waals surface area contributed by atoms with Crippen molar-refractivity contribution >= 4 is 11.8 Å². The molecule has 3 rings (SSSR count). The number of nitrogens with zero attached hydrogens (tertiary/aromatic N) is 2. The van der Waals surface area contributed by atoms with Crippen molar-refractivity contribution in [3.8, 4) is 5.75 Å². The average molecular weight is 432 g/mol. The summed E-state index contributed by atoms with van der Waals surface area (Å²) >= 11 is 0. The Kier molecular flexibility index (Phi) is 9.15. The van der Waals surface area contributed by atoms with Crippen LogP contribution in [0.3, 0.4) is 0 Å². The molecule has 1 aromatic rings. The van der Waals surface area contributed by atoms with Gasteiger partial charge < -0.3 is 19.7 Å². The fraction of sp³-hybridized carbons (Fsp3) is 0.667. The van der Waals surface area contributed by atoms with Gasteiger partial charge in [0, 0.05) is 64.8 Å². The highest BCUT2D eigenvalue weighted by Gasteiger charge is 2.31. The number of ether oxygens (including phenoxy) is 2. The van der Waals surface area contributed by atoms with Crippen molar-refractivity contribution in [2.45, 2.75) is 57.5 Å². The Labute approximate surface area is 186 Å². The molecule has 7 heteroatoms. The molecule has 2 aliphatic heterocycles. The number of piperidine rings is 1. The summed E-state index contributed by atoms with van der Waals surface area (Å²) in [6.07, 6.45) is 5.30. The number of carbonyl (C=O) groups excluding carboxylic acids is 2. The molecule has 0 spiro atoms. The minimum Gasteiger partial charge on any atom is -0.497 e. The van der Waals surface area contributed by atoms with Crippen LogP contribution in [0.1, 0.15) is 44.6 Å². The van der Waals surface area contributed by atoms with Crippen molar-refractivity contribution in [3.63, 3.8) is 0 Å². The number of benzene rings is 1. The molecule has 31 heavy (non-hydrogen) atoms. The van der Waals surface area contributed by atoms with E-state index >= 15 is 0 Å². The maximum atomic E-state index is 12.4. The molecular formula is C24H37N3O4. The summed E-state index contributed by atoms with van der Waals surface area (Å²) < 4.78 is 10.7. The molecule has 0 bridgehead atoms. The van der Waals surface area contributed by atoms with Crippen LogP contribution in [0.4, 0.5) is 0 Å². The van der Waals surface area contributed by atoms with Crippen molar-refractivity contribution in [2.75, 3.05) is 46.5 Å². The van der Waals surface area contributed by atoms with E-state index in [1.54, 1.807) is 14.0 Å². The van der Waals surface area contributed by atoms with Crippen LogP contribution in [-0.4, -0.2) is 80.2 Å². The highest BCUT2D eigenvalue weighted by molar-refractivity contribution is 5.76. The van der Waals surface area contributed by atoms with Crippen LogP contribution in [0.5, 0.6) is 5.75 Å². The fourth-order valence-electron chi connectivity index (χ4n) is 4.66. The molecule has 2 amide bonds. The summed E-state index contributed by atoms with van der Waals surface area (Å²) in [5.74, 6) is 1.09. The first-order valence-corrected chi connectivity index (χ1v) is 11.6. The third-order valence-electron chi connectivity index (χ3n) is 6.53. The van der Waals surface area contributed by atoms with Gasteiger partial charge in [-0.3, -0.25) is 14.5 Å². The number of nitrogens with one attached hydrogen (secondary N) is 1. The number of carbonyl (C=O) groups is 2. The zero-order chi connectivity index (χ0) is 22.1. The predicted molar refractivity (Wildman–Crippen MR) is 120 cm³/mol. The van der Waals surface area contributed by atoms with Crippen LogP contribution in [0.25, 0.3) is 0 Å². The molecule has 2 aliphatic rings. The van der Waals surface area contributed by atoms with Gasteiger partial charge in [-0.1, -0.05) is 12.1 Å². The fourth-order valence-corrected chi connectivity index (χ4v) is 4.66. The molecule has 0 saturated carbocycles. The van der Waals surface area contributed by atoms with E-state index in [0.29, 0.717) is 25.0 Å². The zero-order valence-corrected chi connectivity index (χ0v) is 19.0. The van der Waals surface area contributed by atoms with Gasteiger partial charge in [-0.2, -0.15) is 0 Å². The zero-order valence-electron chi connectivity index (χ0n) is 19.0. The summed E-state index contributed by atoms with van der Waals surface area (Å²) in [4.78, 5) is 28.6. The number of likely N-dealkylation sites (tertiary alicyclic amines) is 1. The van der Waals surface area contributed by atoms with E-state index in [1.165, 1.54) is 0 Å². The van der Waals surface area contributed by atoms with Gasteiger partial charge >= 0.3 is 0 Å². The van der Waals surface area contributed by atoms with Crippen LogP contribution in [-0.2, 0) is 20.7 Å². The van der Waals surface area contributed by atoms with Gasteiger partial charge in [0.2, 0.25) is 11.8 Å². The molecule has 0 atom stereocenters. The summed E-state index contributed by atoms with van der Waals surface area (Å²) in [5, 5.41) is 3.11. The lowest BCUT2D eigenvalue weighted by atomic mass is 9.98. The summed E-state index contributed by atoms with van der Waals surface area (Å²) in [7, 11) is 1.65. The lowest BCUT2D eigenvalue weighted by Crippen LogP contribution is -2.53. The van der Waals surface area contributed by atoms with Gasteiger partial charge in [-0.15, -0.1) is 0 Å².